The molecule has 0 aliphatic heterocycles. The Balaban J connectivity index is 0.000000230. The number of benzene rings is 3. The Bertz CT molecular complexity index is 1400. The van der Waals surface area contributed by atoms with Crippen LogP contribution in [0.1, 0.15) is 54.5 Å². The van der Waals surface area contributed by atoms with Crippen molar-refractivity contribution in [2.45, 2.75) is 51.9 Å². The summed E-state index contributed by atoms with van der Waals surface area (Å²) >= 11 is 0. The van der Waals surface area contributed by atoms with Gasteiger partial charge in [0.15, 0.2) is 6.29 Å². The lowest BCUT2D eigenvalue weighted by molar-refractivity contribution is -0.104. The van der Waals surface area contributed by atoms with E-state index in [1.165, 1.54) is 18.9 Å². The molecule has 1 aliphatic rings. The number of nitrogens with two attached hydrogens (primary N) is 1. The van der Waals surface area contributed by atoms with Crippen LogP contribution in [-0.2, 0) is 11.3 Å². The van der Waals surface area contributed by atoms with Gasteiger partial charge in [-0.3, -0.25) is 4.79 Å². The summed E-state index contributed by atoms with van der Waals surface area (Å²) in [5.41, 5.74) is 8.24. The van der Waals surface area contributed by atoms with Crippen molar-refractivity contribution in [3.8, 4) is 5.75 Å². The number of anilines is 1. The van der Waals surface area contributed by atoms with E-state index in [9.17, 15) is 27.5 Å². The van der Waals surface area contributed by atoms with Crippen molar-refractivity contribution < 1.29 is 27.5 Å². The molecule has 5 nitrogen and oxygen atoms in total. The first kappa shape index (κ1) is 32.6. The molecule has 1 aliphatic carbocycles. The minimum atomic E-state index is -4.49. The number of phenols is 1. The molecule has 1 unspecified atom stereocenters. The fraction of sp³-hybridized carbons (Fsp3) is 0.303. The summed E-state index contributed by atoms with van der Waals surface area (Å²) in [4.78, 5) is 11.0. The van der Waals surface area contributed by atoms with Crippen molar-refractivity contribution in [3.63, 3.8) is 0 Å². The predicted molar refractivity (Wildman–Crippen MR) is 158 cm³/mol. The van der Waals surface area contributed by atoms with Gasteiger partial charge in [0.05, 0.1) is 17.3 Å². The lowest BCUT2D eigenvalue weighted by Gasteiger charge is -2.21. The average Bonchev–Trinajstić information content (AvgIpc) is 3.79. The minimum absolute atomic E-state index is 0.105. The molecule has 0 heterocycles. The largest absolute Gasteiger partial charge is 0.508 e. The number of para-hydroxylation sites is 1. The van der Waals surface area contributed by atoms with Crippen LogP contribution < -0.4 is 16.4 Å². The standard InChI is InChI=1S/C18H20FNO.C15H17F3N2O/c1-12-10-14(8-9-16(12)19)18(20-11-13-6-7-13)15-4-2-3-5-17(15)21;1-2-4-12(15(16,17)18)8-14(10-21)20-13-6-3-5-11(7-13)9-19/h2-5,8-10,13,18,20-21H,6-7,11H2,1H3;3-8,10,20H,2,9,19H2,1H3/b;12-4-,14-8-. The monoisotopic (exact) mass is 583 g/mol. The molecule has 224 valence electrons. The molecule has 42 heavy (non-hydrogen) atoms. The molecule has 0 amide bonds. The highest BCUT2D eigenvalue weighted by molar-refractivity contribution is 5.80. The Hall–Kier alpha value is -3.95. The van der Waals surface area contributed by atoms with Crippen molar-refractivity contribution in [1.29, 1.82) is 0 Å². The van der Waals surface area contributed by atoms with Crippen molar-refractivity contribution >= 4 is 12.0 Å². The van der Waals surface area contributed by atoms with Crippen LogP contribution >= 0.6 is 0 Å². The summed E-state index contributed by atoms with van der Waals surface area (Å²) in [6, 6.07) is 19.2. The van der Waals surface area contributed by atoms with Crippen LogP contribution in [0.2, 0.25) is 0 Å². The molecule has 4 rings (SSSR count). The maximum absolute atomic E-state index is 13.5. The average molecular weight is 584 g/mol. The van der Waals surface area contributed by atoms with Crippen LogP contribution in [0.4, 0.5) is 23.2 Å². The van der Waals surface area contributed by atoms with E-state index in [4.69, 9.17) is 5.73 Å². The first-order chi connectivity index (χ1) is 20.0. The lowest BCUT2D eigenvalue weighted by Crippen LogP contribution is -2.24. The zero-order valence-corrected chi connectivity index (χ0v) is 23.7. The number of nitrogens with one attached hydrogen (secondary N) is 2. The predicted octanol–water partition coefficient (Wildman–Crippen LogP) is 7.47. The second-order valence-corrected chi connectivity index (χ2v) is 10.2. The summed E-state index contributed by atoms with van der Waals surface area (Å²) in [5, 5.41) is 16.3. The van der Waals surface area contributed by atoms with Gasteiger partial charge in [0.25, 0.3) is 0 Å². The number of hydrogen-bond donors (Lipinski definition) is 4. The second-order valence-electron chi connectivity index (χ2n) is 10.2. The number of allylic oxidation sites excluding steroid dienone is 4. The fourth-order valence-corrected chi connectivity index (χ4v) is 4.28. The summed E-state index contributed by atoms with van der Waals surface area (Å²) in [6.45, 7) is 4.59. The molecule has 0 saturated heterocycles. The number of rotatable bonds is 11. The normalized spacial score (nSPS) is 14.5. The number of aromatic hydroxyl groups is 1. The van der Waals surface area contributed by atoms with Crippen LogP contribution in [0, 0.1) is 18.7 Å². The van der Waals surface area contributed by atoms with Crippen LogP contribution in [0.15, 0.2) is 90.2 Å². The lowest BCUT2D eigenvalue weighted by atomic mass is 9.96. The Morgan fingerprint density at radius 1 is 1.10 bits per heavy atom. The summed E-state index contributed by atoms with van der Waals surface area (Å²) in [6.07, 6.45) is 0.439. The van der Waals surface area contributed by atoms with E-state index in [0.29, 0.717) is 24.1 Å². The number of hydrogen-bond acceptors (Lipinski definition) is 5. The third-order valence-electron chi connectivity index (χ3n) is 6.71. The Morgan fingerprint density at radius 3 is 2.43 bits per heavy atom. The van der Waals surface area contributed by atoms with E-state index < -0.39 is 11.7 Å². The summed E-state index contributed by atoms with van der Waals surface area (Å²) < 4.78 is 51.9. The number of halogens is 4. The third kappa shape index (κ3) is 9.85. The van der Waals surface area contributed by atoms with E-state index in [-0.39, 0.29) is 29.7 Å². The molecule has 0 aromatic heterocycles. The van der Waals surface area contributed by atoms with Crippen molar-refractivity contribution in [2.24, 2.45) is 11.7 Å². The SMILES string of the molecule is CC/C=C(/C=C(/C=O)Nc1cccc(CN)c1)C(F)(F)F.Cc1cc(C(NCC2CC2)c2ccccc2O)ccc1F. The van der Waals surface area contributed by atoms with Gasteiger partial charge in [-0.1, -0.05) is 55.5 Å². The van der Waals surface area contributed by atoms with Gasteiger partial charge in [0.2, 0.25) is 0 Å². The molecule has 3 aromatic carbocycles. The van der Waals surface area contributed by atoms with Crippen molar-refractivity contribution in [1.82, 2.24) is 5.32 Å². The molecule has 5 N–H and O–H groups in total. The number of alkyl halides is 3. The molecule has 9 heteroatoms. The first-order valence-electron chi connectivity index (χ1n) is 13.8. The van der Waals surface area contributed by atoms with Crippen molar-refractivity contribution in [3.05, 3.63) is 118 Å². The van der Waals surface area contributed by atoms with Gasteiger partial charge >= 0.3 is 6.18 Å². The molecule has 1 fully saturated rings. The van der Waals surface area contributed by atoms with Gasteiger partial charge in [0, 0.05) is 17.8 Å². The maximum Gasteiger partial charge on any atom is 0.416 e. The van der Waals surface area contributed by atoms with E-state index in [1.807, 2.05) is 24.3 Å². The number of phenolic OH excluding ortho intramolecular Hbond substituents is 1. The number of carbonyl (C=O) groups excluding carboxylic acids is 1. The molecule has 0 radical (unpaired) electrons. The van der Waals surface area contributed by atoms with Gasteiger partial charge in [0.1, 0.15) is 11.6 Å². The van der Waals surface area contributed by atoms with Crippen LogP contribution in [0.3, 0.4) is 0 Å². The van der Waals surface area contributed by atoms with Crippen molar-refractivity contribution in [2.75, 3.05) is 11.9 Å². The zero-order valence-electron chi connectivity index (χ0n) is 23.7. The Labute approximate surface area is 244 Å². The van der Waals surface area contributed by atoms with Gasteiger partial charge in [-0.05, 0) is 85.7 Å². The molecule has 1 atom stereocenters. The van der Waals surface area contributed by atoms with E-state index in [2.05, 4.69) is 10.6 Å². The topological polar surface area (TPSA) is 87.4 Å². The molecular formula is C33H37F4N3O2. The number of carbonyl (C=O) groups is 1. The highest BCUT2D eigenvalue weighted by Crippen LogP contribution is 2.33. The van der Waals surface area contributed by atoms with E-state index in [1.54, 1.807) is 50.2 Å². The summed E-state index contributed by atoms with van der Waals surface area (Å²) in [7, 11) is 0. The zero-order chi connectivity index (χ0) is 30.7. The highest BCUT2D eigenvalue weighted by Gasteiger charge is 2.32. The van der Waals surface area contributed by atoms with Crippen LogP contribution in [0.25, 0.3) is 0 Å². The molecule has 0 bridgehead atoms. The molecule has 1 saturated carbocycles. The third-order valence-corrected chi connectivity index (χ3v) is 6.71. The Morgan fingerprint density at radius 2 is 1.83 bits per heavy atom. The van der Waals surface area contributed by atoms with Crippen LogP contribution in [0.5, 0.6) is 5.75 Å². The van der Waals surface area contributed by atoms with Gasteiger partial charge in [-0.15, -0.1) is 0 Å². The first-order valence-corrected chi connectivity index (χ1v) is 13.8. The Kier molecular flexibility index (Phi) is 11.9. The molecule has 3 aromatic rings. The number of aldehydes is 1. The smallest absolute Gasteiger partial charge is 0.416 e. The summed E-state index contributed by atoms with van der Waals surface area (Å²) in [5.74, 6) is 0.810. The molecule has 0 spiro atoms. The quantitative estimate of drug-likeness (QED) is 0.0815. The van der Waals surface area contributed by atoms with E-state index in [0.717, 1.165) is 41.3 Å². The maximum atomic E-state index is 13.5. The number of aryl methyl sites for hydroxylation is 1. The van der Waals surface area contributed by atoms with Gasteiger partial charge < -0.3 is 21.5 Å². The molecular weight excluding hydrogens is 546 g/mol. The van der Waals surface area contributed by atoms with Crippen LogP contribution in [-0.4, -0.2) is 24.1 Å². The highest BCUT2D eigenvalue weighted by atomic mass is 19.4. The fourth-order valence-electron chi connectivity index (χ4n) is 4.28. The van der Waals surface area contributed by atoms with Gasteiger partial charge in [-0.25, -0.2) is 4.39 Å². The second kappa shape index (κ2) is 15.3. The minimum Gasteiger partial charge on any atom is -0.508 e. The van der Waals surface area contributed by atoms with Gasteiger partial charge in [-0.2, -0.15) is 13.2 Å². The van der Waals surface area contributed by atoms with E-state index >= 15 is 0 Å².